The van der Waals surface area contributed by atoms with Crippen molar-refractivity contribution in [3.05, 3.63) is 34.2 Å². The predicted octanol–water partition coefficient (Wildman–Crippen LogP) is 1.67. The van der Waals surface area contributed by atoms with Gasteiger partial charge >= 0.3 is 0 Å². The monoisotopic (exact) mass is 334 g/mol. The molecule has 2 aliphatic heterocycles. The molecule has 0 unspecified atom stereocenters. The van der Waals surface area contributed by atoms with Gasteiger partial charge in [-0.15, -0.1) is 0 Å². The second-order valence-electron chi connectivity index (χ2n) is 6.61. The molecule has 6 heteroatoms. The third-order valence-corrected chi connectivity index (χ3v) is 5.35. The summed E-state index contributed by atoms with van der Waals surface area (Å²) in [7, 11) is 1.74. The third kappa shape index (κ3) is 3.13. The van der Waals surface area contributed by atoms with Crippen LogP contribution in [0.2, 0.25) is 0 Å². The van der Waals surface area contributed by atoms with E-state index in [1.807, 2.05) is 11.8 Å². The van der Waals surface area contributed by atoms with E-state index in [9.17, 15) is 9.59 Å². The lowest BCUT2D eigenvalue weighted by molar-refractivity contribution is -0.183. The number of pyridine rings is 1. The minimum Gasteiger partial charge on any atom is -0.378 e. The average molecular weight is 334 g/mol. The topological polar surface area (TPSA) is 60.8 Å². The highest BCUT2D eigenvalue weighted by atomic mass is 16.5. The number of rotatable bonds is 3. The van der Waals surface area contributed by atoms with Crippen molar-refractivity contribution in [2.45, 2.75) is 50.9 Å². The Labute approximate surface area is 142 Å². The van der Waals surface area contributed by atoms with Crippen LogP contribution in [0.4, 0.5) is 0 Å². The molecule has 2 saturated heterocycles. The van der Waals surface area contributed by atoms with E-state index >= 15 is 0 Å². The fourth-order valence-corrected chi connectivity index (χ4v) is 3.87. The number of piperidine rings is 1. The van der Waals surface area contributed by atoms with E-state index in [1.165, 1.54) is 6.07 Å². The van der Waals surface area contributed by atoms with E-state index in [-0.39, 0.29) is 23.2 Å². The van der Waals surface area contributed by atoms with Crippen LogP contribution in [-0.4, -0.2) is 53.9 Å². The zero-order valence-corrected chi connectivity index (χ0v) is 14.5. The SMILES string of the molecule is CCn1ccc(C(=O)N2CCC3(CC2)OCCC[C@H]3OC)cc1=O. The molecule has 1 amide bonds. The minimum atomic E-state index is -0.255. The van der Waals surface area contributed by atoms with Gasteiger partial charge in [-0.1, -0.05) is 0 Å². The Morgan fingerprint density at radius 2 is 2.17 bits per heavy atom. The number of methoxy groups -OCH3 is 1. The number of aromatic nitrogens is 1. The maximum absolute atomic E-state index is 12.7. The van der Waals surface area contributed by atoms with Crippen molar-refractivity contribution < 1.29 is 14.3 Å². The van der Waals surface area contributed by atoms with Crippen LogP contribution in [0.5, 0.6) is 0 Å². The molecule has 0 N–H and O–H groups in total. The molecule has 1 aromatic rings. The number of ether oxygens (including phenoxy) is 2. The average Bonchev–Trinajstić information content (AvgIpc) is 2.62. The molecule has 2 fully saturated rings. The number of hydrogen-bond donors (Lipinski definition) is 0. The Morgan fingerprint density at radius 3 is 2.79 bits per heavy atom. The van der Waals surface area contributed by atoms with Crippen molar-refractivity contribution in [1.82, 2.24) is 9.47 Å². The van der Waals surface area contributed by atoms with Crippen molar-refractivity contribution in [2.24, 2.45) is 0 Å². The van der Waals surface area contributed by atoms with E-state index in [1.54, 1.807) is 23.9 Å². The van der Waals surface area contributed by atoms with Crippen LogP contribution < -0.4 is 5.56 Å². The number of carbonyl (C=O) groups is 1. The molecule has 6 nitrogen and oxygen atoms in total. The van der Waals surface area contributed by atoms with E-state index in [0.717, 1.165) is 32.3 Å². The Hall–Kier alpha value is -1.66. The molecule has 1 spiro atoms. The fourth-order valence-electron chi connectivity index (χ4n) is 3.87. The Kier molecular flexibility index (Phi) is 5.06. The van der Waals surface area contributed by atoms with Gasteiger partial charge in [0.15, 0.2) is 0 Å². The first-order valence-electron chi connectivity index (χ1n) is 8.76. The molecular formula is C18H26N2O4. The van der Waals surface area contributed by atoms with Crippen molar-refractivity contribution >= 4 is 5.91 Å². The maximum Gasteiger partial charge on any atom is 0.254 e. The highest BCUT2D eigenvalue weighted by Crippen LogP contribution is 2.37. The lowest BCUT2D eigenvalue weighted by Crippen LogP contribution is -2.56. The Morgan fingerprint density at radius 1 is 1.42 bits per heavy atom. The number of carbonyl (C=O) groups excluding carboxylic acids is 1. The number of nitrogens with zero attached hydrogens (tertiary/aromatic N) is 2. The summed E-state index contributed by atoms with van der Waals surface area (Å²) in [6, 6.07) is 3.16. The van der Waals surface area contributed by atoms with Crippen LogP contribution in [0, 0.1) is 0 Å². The molecule has 1 atom stereocenters. The molecule has 0 saturated carbocycles. The summed E-state index contributed by atoms with van der Waals surface area (Å²) >= 11 is 0. The molecule has 0 radical (unpaired) electrons. The molecule has 2 aliphatic rings. The van der Waals surface area contributed by atoms with Crippen LogP contribution in [0.25, 0.3) is 0 Å². The van der Waals surface area contributed by atoms with E-state index in [4.69, 9.17) is 9.47 Å². The van der Waals surface area contributed by atoms with Gasteiger partial charge < -0.3 is 18.9 Å². The highest BCUT2D eigenvalue weighted by molar-refractivity contribution is 5.94. The first-order valence-corrected chi connectivity index (χ1v) is 8.76. The summed E-state index contributed by atoms with van der Waals surface area (Å²) in [6.45, 7) is 4.55. The standard InChI is InChI=1S/C18H26N2O4/c1-3-19-9-6-14(13-16(19)21)17(22)20-10-7-18(8-11-20)15(23-2)5-4-12-24-18/h6,9,13,15H,3-5,7-8,10-12H2,1-2H3/t15-/m1/s1. The lowest BCUT2D eigenvalue weighted by atomic mass is 9.81. The van der Waals surface area contributed by atoms with E-state index in [2.05, 4.69) is 0 Å². The second kappa shape index (κ2) is 7.07. The number of likely N-dealkylation sites (tertiary alicyclic amines) is 1. The number of hydrogen-bond acceptors (Lipinski definition) is 4. The summed E-state index contributed by atoms with van der Waals surface area (Å²) in [5.74, 6) is -0.0741. The smallest absolute Gasteiger partial charge is 0.254 e. The first-order chi connectivity index (χ1) is 11.6. The molecule has 0 aliphatic carbocycles. The van der Waals surface area contributed by atoms with Crippen molar-refractivity contribution in [3.8, 4) is 0 Å². The summed E-state index contributed by atoms with van der Waals surface area (Å²) in [5.41, 5.74) is 0.0791. The normalized spacial score (nSPS) is 23.4. The van der Waals surface area contributed by atoms with Crippen molar-refractivity contribution in [2.75, 3.05) is 26.8 Å². The van der Waals surface area contributed by atoms with Crippen molar-refractivity contribution in [1.29, 1.82) is 0 Å². The molecule has 0 bridgehead atoms. The molecule has 3 heterocycles. The van der Waals surface area contributed by atoms with Gasteiger partial charge in [0, 0.05) is 51.2 Å². The summed E-state index contributed by atoms with van der Waals surface area (Å²) < 4.78 is 13.3. The largest absolute Gasteiger partial charge is 0.378 e. The predicted molar refractivity (Wildman–Crippen MR) is 90.2 cm³/mol. The van der Waals surface area contributed by atoms with E-state index < -0.39 is 0 Å². The molecule has 0 aromatic carbocycles. The maximum atomic E-state index is 12.7. The van der Waals surface area contributed by atoms with Crippen LogP contribution >= 0.6 is 0 Å². The Balaban J connectivity index is 1.69. The lowest BCUT2D eigenvalue weighted by Gasteiger charge is -2.48. The van der Waals surface area contributed by atoms with Crippen LogP contribution in [-0.2, 0) is 16.0 Å². The summed E-state index contributed by atoms with van der Waals surface area (Å²) in [4.78, 5) is 26.4. The summed E-state index contributed by atoms with van der Waals surface area (Å²) in [5, 5.41) is 0. The fraction of sp³-hybridized carbons (Fsp3) is 0.667. The summed E-state index contributed by atoms with van der Waals surface area (Å²) in [6.07, 6.45) is 5.40. The van der Waals surface area contributed by atoms with E-state index in [0.29, 0.717) is 25.2 Å². The zero-order valence-electron chi connectivity index (χ0n) is 14.5. The highest BCUT2D eigenvalue weighted by Gasteiger charge is 2.45. The van der Waals surface area contributed by atoms with Crippen LogP contribution in [0.3, 0.4) is 0 Å². The number of amides is 1. The Bertz CT molecular complexity index is 647. The molecule has 24 heavy (non-hydrogen) atoms. The van der Waals surface area contributed by atoms with Gasteiger partial charge in [-0.25, -0.2) is 0 Å². The first kappa shape index (κ1) is 17.2. The van der Waals surface area contributed by atoms with Gasteiger partial charge in [-0.3, -0.25) is 9.59 Å². The van der Waals surface area contributed by atoms with Gasteiger partial charge in [-0.05, 0) is 38.7 Å². The third-order valence-electron chi connectivity index (χ3n) is 5.35. The quantitative estimate of drug-likeness (QED) is 0.844. The zero-order chi connectivity index (χ0) is 17.2. The van der Waals surface area contributed by atoms with Gasteiger partial charge in [0.2, 0.25) is 0 Å². The van der Waals surface area contributed by atoms with Crippen LogP contribution in [0.15, 0.2) is 23.1 Å². The van der Waals surface area contributed by atoms with Gasteiger partial charge in [0.25, 0.3) is 11.5 Å². The minimum absolute atomic E-state index is 0.0741. The van der Waals surface area contributed by atoms with Gasteiger partial charge in [0.05, 0.1) is 11.7 Å². The molecule has 132 valence electrons. The second-order valence-corrected chi connectivity index (χ2v) is 6.61. The van der Waals surface area contributed by atoms with Gasteiger partial charge in [0.1, 0.15) is 0 Å². The molecule has 1 aromatic heterocycles. The van der Waals surface area contributed by atoms with Gasteiger partial charge in [-0.2, -0.15) is 0 Å². The van der Waals surface area contributed by atoms with Crippen molar-refractivity contribution in [3.63, 3.8) is 0 Å². The molecule has 3 rings (SSSR count). The number of aryl methyl sites for hydroxylation is 1. The molecular weight excluding hydrogens is 308 g/mol. The van der Waals surface area contributed by atoms with Crippen LogP contribution in [0.1, 0.15) is 43.0 Å².